The van der Waals surface area contributed by atoms with E-state index in [1.165, 1.54) is 4.90 Å². The van der Waals surface area contributed by atoms with Crippen LogP contribution in [0, 0.1) is 11.3 Å². The first kappa shape index (κ1) is 29.4. The van der Waals surface area contributed by atoms with Gasteiger partial charge in [-0.05, 0) is 51.5 Å². The summed E-state index contributed by atoms with van der Waals surface area (Å²) in [5, 5.41) is 0. The van der Waals surface area contributed by atoms with Gasteiger partial charge in [0, 0.05) is 38.3 Å². The lowest BCUT2D eigenvalue weighted by Gasteiger charge is -2.41. The quantitative estimate of drug-likeness (QED) is 0.470. The maximum Gasteiger partial charge on any atom is 0.410 e. The second-order valence-electron chi connectivity index (χ2n) is 11.2. The number of amides is 3. The molecule has 1 aromatic rings. The van der Waals surface area contributed by atoms with Crippen LogP contribution in [-0.2, 0) is 35.1 Å². The summed E-state index contributed by atoms with van der Waals surface area (Å²) in [5.41, 5.74) is -1.04. The molecule has 3 aliphatic heterocycles. The number of methoxy groups -OCH3 is 1. The first-order chi connectivity index (χ1) is 19.0. The van der Waals surface area contributed by atoms with Crippen molar-refractivity contribution in [3.63, 3.8) is 0 Å². The molecule has 4 rings (SSSR count). The summed E-state index contributed by atoms with van der Waals surface area (Å²) < 4.78 is 21.8. The summed E-state index contributed by atoms with van der Waals surface area (Å²) >= 11 is 0. The van der Waals surface area contributed by atoms with Crippen LogP contribution < -0.4 is 4.74 Å². The molecule has 0 unspecified atom stereocenters. The predicted molar refractivity (Wildman–Crippen MR) is 144 cm³/mol. The Balaban J connectivity index is 1.75. The molecule has 0 radical (unpaired) electrons. The average Bonchev–Trinajstić information content (AvgIpc) is 3.16. The molecule has 11 heteroatoms. The van der Waals surface area contributed by atoms with Crippen LogP contribution in [0.2, 0.25) is 0 Å². The first-order valence-corrected chi connectivity index (χ1v) is 13.7. The number of esters is 1. The van der Waals surface area contributed by atoms with Gasteiger partial charge < -0.3 is 33.6 Å². The number of ether oxygens (including phenoxy) is 4. The van der Waals surface area contributed by atoms with Gasteiger partial charge in [0.25, 0.3) is 0 Å². The van der Waals surface area contributed by atoms with E-state index in [0.717, 1.165) is 5.56 Å². The van der Waals surface area contributed by atoms with Crippen LogP contribution >= 0.6 is 0 Å². The molecule has 0 spiro atoms. The minimum absolute atomic E-state index is 0.0805. The Hall–Kier alpha value is -3.60. The van der Waals surface area contributed by atoms with Crippen molar-refractivity contribution in [2.75, 3.05) is 53.1 Å². The summed E-state index contributed by atoms with van der Waals surface area (Å²) in [4.78, 5) is 59.2. The molecule has 0 aliphatic carbocycles. The number of hydrogen-bond donors (Lipinski definition) is 0. The number of nitrogens with zero attached hydrogens (tertiary/aromatic N) is 3. The van der Waals surface area contributed by atoms with E-state index in [1.807, 2.05) is 12.1 Å². The van der Waals surface area contributed by atoms with Gasteiger partial charge in [0.15, 0.2) is 0 Å². The standard InChI is InChI=1S/C29H39N3O8/c1-6-39-26(35)29-19-31(27(36)40-28(2,3)4)12-11-23(29)32(18-20-7-9-21(37-5)10-8-20)25(34)22(29)17-24(33)30-13-15-38-16-14-30/h7-11,22H,6,12-19H2,1-5H3/t22-,29-/m1/s1. The Morgan fingerprint density at radius 1 is 1.07 bits per heavy atom. The van der Waals surface area contributed by atoms with Crippen molar-refractivity contribution in [2.45, 2.75) is 46.3 Å². The number of carbonyl (C=O) groups is 4. The molecule has 2 atom stereocenters. The summed E-state index contributed by atoms with van der Waals surface area (Å²) in [6.07, 6.45) is 0.909. The van der Waals surface area contributed by atoms with E-state index in [2.05, 4.69) is 0 Å². The summed E-state index contributed by atoms with van der Waals surface area (Å²) in [6.45, 7) is 8.88. The second-order valence-corrected chi connectivity index (χ2v) is 11.2. The maximum absolute atomic E-state index is 14.2. The van der Waals surface area contributed by atoms with Gasteiger partial charge in [0.05, 0.1) is 39.4 Å². The number of rotatable bonds is 7. The lowest BCUT2D eigenvalue weighted by atomic mass is 9.71. The molecular weight excluding hydrogens is 518 g/mol. The van der Waals surface area contributed by atoms with Crippen molar-refractivity contribution in [2.24, 2.45) is 11.3 Å². The highest BCUT2D eigenvalue weighted by Crippen LogP contribution is 2.51. The zero-order valence-corrected chi connectivity index (χ0v) is 23.9. The fraction of sp³-hybridized carbons (Fsp3) is 0.586. The molecule has 3 aliphatic rings. The van der Waals surface area contributed by atoms with Gasteiger partial charge in [0.2, 0.25) is 11.8 Å². The molecule has 40 heavy (non-hydrogen) atoms. The number of hydrogen-bond acceptors (Lipinski definition) is 8. The third-order valence-electron chi connectivity index (χ3n) is 7.39. The van der Waals surface area contributed by atoms with Crippen molar-refractivity contribution in [3.05, 3.63) is 41.6 Å². The van der Waals surface area contributed by atoms with E-state index in [-0.39, 0.29) is 44.5 Å². The fourth-order valence-electron chi connectivity index (χ4n) is 5.47. The molecular formula is C29H39N3O8. The highest BCUT2D eigenvalue weighted by Gasteiger charge is 2.64. The van der Waals surface area contributed by atoms with Crippen LogP contribution in [0.5, 0.6) is 5.75 Å². The van der Waals surface area contributed by atoms with Crippen LogP contribution in [0.4, 0.5) is 4.79 Å². The Morgan fingerprint density at radius 3 is 2.35 bits per heavy atom. The van der Waals surface area contributed by atoms with Gasteiger partial charge in [0.1, 0.15) is 16.8 Å². The largest absolute Gasteiger partial charge is 0.497 e. The molecule has 2 fully saturated rings. The molecule has 1 aromatic carbocycles. The third-order valence-corrected chi connectivity index (χ3v) is 7.39. The van der Waals surface area contributed by atoms with Gasteiger partial charge in [-0.25, -0.2) is 4.79 Å². The normalized spacial score (nSPS) is 22.9. The lowest BCUT2D eigenvalue weighted by molar-refractivity contribution is -0.159. The number of fused-ring (bicyclic) bond motifs is 1. The zero-order chi connectivity index (χ0) is 29.1. The molecule has 2 saturated heterocycles. The number of carbonyl (C=O) groups excluding carboxylic acids is 4. The van der Waals surface area contributed by atoms with Crippen LogP contribution in [0.3, 0.4) is 0 Å². The minimum atomic E-state index is -1.56. The van der Waals surface area contributed by atoms with Crippen LogP contribution in [0.15, 0.2) is 36.0 Å². The second kappa shape index (κ2) is 11.9. The summed E-state index contributed by atoms with van der Waals surface area (Å²) in [6, 6.07) is 7.29. The smallest absolute Gasteiger partial charge is 0.410 e. The van der Waals surface area contributed by atoms with Gasteiger partial charge in [-0.1, -0.05) is 12.1 Å². The van der Waals surface area contributed by atoms with Gasteiger partial charge in [-0.2, -0.15) is 0 Å². The molecule has 0 aromatic heterocycles. The van der Waals surface area contributed by atoms with E-state index >= 15 is 0 Å². The average molecular weight is 558 g/mol. The minimum Gasteiger partial charge on any atom is -0.497 e. The van der Waals surface area contributed by atoms with E-state index in [4.69, 9.17) is 18.9 Å². The number of morpholine rings is 1. The van der Waals surface area contributed by atoms with E-state index < -0.39 is 29.0 Å². The Morgan fingerprint density at radius 2 is 1.75 bits per heavy atom. The molecule has 3 amide bonds. The molecule has 218 valence electrons. The fourth-order valence-corrected chi connectivity index (χ4v) is 5.47. The van der Waals surface area contributed by atoms with E-state index in [0.29, 0.717) is 37.7 Å². The highest BCUT2D eigenvalue weighted by atomic mass is 16.6. The maximum atomic E-state index is 14.2. The predicted octanol–water partition coefficient (Wildman–Crippen LogP) is 2.59. The Kier molecular flexibility index (Phi) is 8.72. The number of benzene rings is 1. The van der Waals surface area contributed by atoms with Crippen molar-refractivity contribution in [1.82, 2.24) is 14.7 Å². The topological polar surface area (TPSA) is 115 Å². The van der Waals surface area contributed by atoms with Crippen LogP contribution in [0.1, 0.15) is 39.7 Å². The molecule has 0 N–H and O–H groups in total. The van der Waals surface area contributed by atoms with Crippen LogP contribution in [0.25, 0.3) is 0 Å². The summed E-state index contributed by atoms with van der Waals surface area (Å²) in [5.74, 6) is -1.62. The van der Waals surface area contributed by atoms with Crippen molar-refractivity contribution in [3.8, 4) is 5.75 Å². The number of likely N-dealkylation sites (tertiary alicyclic amines) is 1. The first-order valence-electron chi connectivity index (χ1n) is 13.7. The van der Waals surface area contributed by atoms with Gasteiger partial charge >= 0.3 is 12.1 Å². The Labute approximate surface area is 234 Å². The van der Waals surface area contributed by atoms with Gasteiger partial charge in [-0.3, -0.25) is 14.4 Å². The summed E-state index contributed by atoms with van der Waals surface area (Å²) in [7, 11) is 1.58. The third kappa shape index (κ3) is 5.94. The molecule has 3 heterocycles. The van der Waals surface area contributed by atoms with Crippen molar-refractivity contribution >= 4 is 23.9 Å². The monoisotopic (exact) mass is 557 g/mol. The molecule has 0 saturated carbocycles. The zero-order valence-electron chi connectivity index (χ0n) is 23.9. The van der Waals surface area contributed by atoms with E-state index in [9.17, 15) is 19.2 Å². The van der Waals surface area contributed by atoms with Gasteiger partial charge in [-0.15, -0.1) is 0 Å². The lowest BCUT2D eigenvalue weighted by Crippen LogP contribution is -2.54. The highest BCUT2D eigenvalue weighted by molar-refractivity contribution is 5.99. The van der Waals surface area contributed by atoms with Crippen molar-refractivity contribution in [1.29, 1.82) is 0 Å². The Bertz CT molecular complexity index is 1150. The van der Waals surface area contributed by atoms with Crippen LogP contribution in [-0.4, -0.2) is 97.3 Å². The van der Waals surface area contributed by atoms with E-state index in [1.54, 1.807) is 62.8 Å². The van der Waals surface area contributed by atoms with Crippen molar-refractivity contribution < 1.29 is 38.1 Å². The molecule has 11 nitrogen and oxygen atoms in total. The molecule has 0 bridgehead atoms. The SMILES string of the molecule is CCOC(=O)[C@@]12CN(C(=O)OC(C)(C)C)CC=C1N(Cc1ccc(OC)cc1)C(=O)[C@H]2CC(=O)N1CCOCC1.